The highest BCUT2D eigenvalue weighted by Crippen LogP contribution is 2.44. The van der Waals surface area contributed by atoms with Crippen LogP contribution in [0.4, 0.5) is 11.5 Å². The Morgan fingerprint density at radius 3 is 2.43 bits per heavy atom. The fourth-order valence-electron chi connectivity index (χ4n) is 4.52. The van der Waals surface area contributed by atoms with Crippen molar-refractivity contribution in [2.75, 3.05) is 23.7 Å². The summed E-state index contributed by atoms with van der Waals surface area (Å²) < 4.78 is 0. The Morgan fingerprint density at radius 2 is 1.80 bits per heavy atom. The van der Waals surface area contributed by atoms with E-state index in [1.807, 2.05) is 13.8 Å². The first-order chi connectivity index (χ1) is 14.5. The van der Waals surface area contributed by atoms with Gasteiger partial charge in [-0.25, -0.2) is 4.98 Å². The number of pyridine rings is 1. The molecule has 1 fully saturated rings. The van der Waals surface area contributed by atoms with Crippen molar-refractivity contribution < 1.29 is 0 Å². The first kappa shape index (κ1) is 19.7. The fraction of sp³-hybridized carbons (Fsp3) is 0.320. The van der Waals surface area contributed by atoms with Gasteiger partial charge in [0.15, 0.2) is 0 Å². The number of hydrogen-bond donors (Lipinski definition) is 1. The normalized spacial score (nSPS) is 17.1. The highest BCUT2D eigenvalue weighted by molar-refractivity contribution is 6.08. The summed E-state index contributed by atoms with van der Waals surface area (Å²) in [7, 11) is 0. The Labute approximate surface area is 177 Å². The second-order valence-electron chi connectivity index (χ2n) is 8.09. The molecule has 0 bridgehead atoms. The van der Waals surface area contributed by atoms with E-state index in [0.29, 0.717) is 16.8 Å². The van der Waals surface area contributed by atoms with Gasteiger partial charge in [-0.3, -0.25) is 0 Å². The van der Waals surface area contributed by atoms with Crippen LogP contribution in [0.3, 0.4) is 0 Å². The molecule has 4 rings (SSSR count). The van der Waals surface area contributed by atoms with Crippen molar-refractivity contribution in [1.29, 1.82) is 10.5 Å². The maximum Gasteiger partial charge on any atom is 0.142 e. The van der Waals surface area contributed by atoms with E-state index in [2.05, 4.69) is 53.2 Å². The molecule has 2 heterocycles. The first-order valence-electron chi connectivity index (χ1n) is 10.4. The Bertz CT molecular complexity index is 1180. The third-order valence-corrected chi connectivity index (χ3v) is 6.26. The number of anilines is 2. The van der Waals surface area contributed by atoms with E-state index in [1.165, 1.54) is 30.5 Å². The summed E-state index contributed by atoms with van der Waals surface area (Å²) in [5, 5.41) is 19.2. The predicted octanol–water partition coefficient (Wildman–Crippen LogP) is 4.99. The van der Waals surface area contributed by atoms with E-state index in [-0.39, 0.29) is 5.82 Å². The number of nitrogens with zero attached hydrogens (tertiary/aromatic N) is 4. The van der Waals surface area contributed by atoms with E-state index in [4.69, 9.17) is 5.73 Å². The molecule has 2 aliphatic rings. The summed E-state index contributed by atoms with van der Waals surface area (Å²) >= 11 is 0. The van der Waals surface area contributed by atoms with Crippen LogP contribution in [-0.2, 0) is 0 Å². The number of benzene rings is 1. The Hall–Kier alpha value is -3.57. The summed E-state index contributed by atoms with van der Waals surface area (Å²) in [6, 6.07) is 11.0. The van der Waals surface area contributed by atoms with E-state index >= 15 is 0 Å². The second-order valence-corrected chi connectivity index (χ2v) is 8.09. The molecule has 0 radical (unpaired) electrons. The van der Waals surface area contributed by atoms with Gasteiger partial charge in [0.05, 0.1) is 16.8 Å². The van der Waals surface area contributed by atoms with Gasteiger partial charge in [-0.1, -0.05) is 6.07 Å². The fourth-order valence-corrected chi connectivity index (χ4v) is 4.52. The van der Waals surface area contributed by atoms with Gasteiger partial charge in [0, 0.05) is 24.3 Å². The minimum atomic E-state index is 0.178. The second kappa shape index (κ2) is 7.69. The molecular formula is C25H25N5. The number of aryl methyl sites for hydroxylation is 1. The van der Waals surface area contributed by atoms with Crippen molar-refractivity contribution in [3.63, 3.8) is 0 Å². The van der Waals surface area contributed by atoms with Crippen molar-refractivity contribution >= 4 is 28.7 Å². The number of allylic oxidation sites excluding steroid dienone is 3. The SMILES string of the molecule is CC1=C(C#N)c2nc(N)c(C#N)c(C)c2/C1=C\c1ccc(N2CCCCC2)cc1C. The summed E-state index contributed by atoms with van der Waals surface area (Å²) in [6.07, 6.45) is 5.92. The molecule has 0 saturated carbocycles. The molecule has 0 amide bonds. The number of aromatic nitrogens is 1. The molecular weight excluding hydrogens is 370 g/mol. The van der Waals surface area contributed by atoms with Crippen molar-refractivity contribution in [2.24, 2.45) is 0 Å². The van der Waals surface area contributed by atoms with Crippen molar-refractivity contribution in [1.82, 2.24) is 4.98 Å². The molecule has 5 heteroatoms. The van der Waals surface area contributed by atoms with Crippen LogP contribution in [0, 0.1) is 36.5 Å². The van der Waals surface area contributed by atoms with Gasteiger partial charge >= 0.3 is 0 Å². The van der Waals surface area contributed by atoms with Gasteiger partial charge < -0.3 is 10.6 Å². The van der Waals surface area contributed by atoms with Crippen molar-refractivity contribution in [3.05, 3.63) is 57.3 Å². The van der Waals surface area contributed by atoms with Gasteiger partial charge in [0.25, 0.3) is 0 Å². The van der Waals surface area contributed by atoms with Gasteiger partial charge in [-0.15, -0.1) is 0 Å². The minimum Gasteiger partial charge on any atom is -0.383 e. The number of rotatable bonds is 2. The number of hydrogen-bond acceptors (Lipinski definition) is 5. The summed E-state index contributed by atoms with van der Waals surface area (Å²) in [5.41, 5.74) is 14.5. The molecule has 1 aromatic carbocycles. The Kier molecular flexibility index (Phi) is 5.06. The number of fused-ring (bicyclic) bond motifs is 1. The quantitative estimate of drug-likeness (QED) is 0.773. The molecule has 1 aliphatic carbocycles. The highest BCUT2D eigenvalue weighted by Gasteiger charge is 2.29. The molecule has 150 valence electrons. The van der Waals surface area contributed by atoms with Gasteiger partial charge in [-0.2, -0.15) is 10.5 Å². The zero-order valence-corrected chi connectivity index (χ0v) is 17.7. The summed E-state index contributed by atoms with van der Waals surface area (Å²) in [5.74, 6) is 0.178. The zero-order valence-electron chi connectivity index (χ0n) is 17.7. The lowest BCUT2D eigenvalue weighted by atomic mass is 9.94. The van der Waals surface area contributed by atoms with E-state index < -0.39 is 0 Å². The van der Waals surface area contributed by atoms with Crippen LogP contribution in [0.1, 0.15) is 59.7 Å². The average molecular weight is 396 g/mol. The maximum absolute atomic E-state index is 9.72. The first-order valence-corrected chi connectivity index (χ1v) is 10.4. The standard InChI is InChI=1S/C25H25N5/c1-15-11-19(30-9-5-4-6-10-30)8-7-18(15)12-20-16(2)21(13-26)24-23(20)17(3)22(14-27)25(28)29-24/h7-8,11-12H,4-6,9-10H2,1-3H3,(H2,28,29)/b20-12-. The maximum atomic E-state index is 9.72. The van der Waals surface area contributed by atoms with Crippen LogP contribution in [0.5, 0.6) is 0 Å². The molecule has 0 spiro atoms. The Balaban J connectivity index is 1.83. The van der Waals surface area contributed by atoms with Crippen molar-refractivity contribution in [2.45, 2.75) is 40.0 Å². The molecule has 0 unspecified atom stereocenters. The van der Waals surface area contributed by atoms with Crippen LogP contribution in [0.25, 0.3) is 17.2 Å². The zero-order chi connectivity index (χ0) is 21.4. The van der Waals surface area contributed by atoms with Crippen LogP contribution >= 0.6 is 0 Å². The number of piperidine rings is 1. The number of nitrogen functional groups attached to an aromatic ring is 1. The lowest BCUT2D eigenvalue weighted by Gasteiger charge is -2.29. The number of nitriles is 2. The lowest BCUT2D eigenvalue weighted by molar-refractivity contribution is 0.578. The van der Waals surface area contributed by atoms with Crippen LogP contribution in [0.2, 0.25) is 0 Å². The van der Waals surface area contributed by atoms with E-state index in [0.717, 1.165) is 40.9 Å². The summed E-state index contributed by atoms with van der Waals surface area (Å²) in [6.45, 7) is 8.16. The molecule has 0 atom stereocenters. The lowest BCUT2D eigenvalue weighted by Crippen LogP contribution is -2.29. The topological polar surface area (TPSA) is 89.7 Å². The average Bonchev–Trinajstić information content (AvgIpc) is 3.01. The molecule has 1 saturated heterocycles. The van der Waals surface area contributed by atoms with Gasteiger partial charge in [0.2, 0.25) is 0 Å². The number of nitrogens with two attached hydrogens (primary N) is 1. The molecule has 30 heavy (non-hydrogen) atoms. The van der Waals surface area contributed by atoms with Crippen LogP contribution in [0.15, 0.2) is 23.8 Å². The van der Waals surface area contributed by atoms with Crippen molar-refractivity contribution in [3.8, 4) is 12.1 Å². The molecule has 5 nitrogen and oxygen atoms in total. The van der Waals surface area contributed by atoms with Crippen LogP contribution in [-0.4, -0.2) is 18.1 Å². The molecule has 2 N–H and O–H groups in total. The summed E-state index contributed by atoms with van der Waals surface area (Å²) in [4.78, 5) is 6.86. The highest BCUT2D eigenvalue weighted by atomic mass is 15.1. The molecule has 1 aromatic heterocycles. The molecule has 1 aliphatic heterocycles. The minimum absolute atomic E-state index is 0.178. The van der Waals surface area contributed by atoms with E-state index in [1.54, 1.807) is 0 Å². The third-order valence-electron chi connectivity index (χ3n) is 6.26. The van der Waals surface area contributed by atoms with Crippen LogP contribution < -0.4 is 10.6 Å². The monoisotopic (exact) mass is 395 g/mol. The smallest absolute Gasteiger partial charge is 0.142 e. The predicted molar refractivity (Wildman–Crippen MR) is 121 cm³/mol. The third kappa shape index (κ3) is 3.13. The molecule has 2 aromatic rings. The largest absolute Gasteiger partial charge is 0.383 e. The Morgan fingerprint density at radius 1 is 1.07 bits per heavy atom. The van der Waals surface area contributed by atoms with E-state index in [9.17, 15) is 10.5 Å². The van der Waals surface area contributed by atoms with Gasteiger partial charge in [-0.05, 0) is 86.1 Å². The van der Waals surface area contributed by atoms with Gasteiger partial charge in [0.1, 0.15) is 18.0 Å².